The number of carboxylic acids is 1. The molecule has 0 saturated carbocycles. The number of rotatable bonds is 14. The van der Waals surface area contributed by atoms with Gasteiger partial charge in [0.1, 0.15) is 11.3 Å². The lowest BCUT2D eigenvalue weighted by Gasteiger charge is -2.26. The first-order valence-corrected chi connectivity index (χ1v) is 19.7. The molecule has 0 unspecified atom stereocenters. The van der Waals surface area contributed by atoms with Crippen LogP contribution >= 0.6 is 22.7 Å². The van der Waals surface area contributed by atoms with Crippen LogP contribution in [0.4, 0.5) is 8.78 Å². The van der Waals surface area contributed by atoms with E-state index in [4.69, 9.17) is 4.42 Å². The van der Waals surface area contributed by atoms with Crippen LogP contribution < -0.4 is 5.43 Å². The quantitative estimate of drug-likeness (QED) is 0.104. The summed E-state index contributed by atoms with van der Waals surface area (Å²) in [6, 6.07) is 27.1. The van der Waals surface area contributed by atoms with Crippen LogP contribution in [0.25, 0.3) is 33.4 Å². The third kappa shape index (κ3) is 8.09. The number of hydrogen-bond donors (Lipinski definition) is 2. The van der Waals surface area contributed by atoms with Crippen LogP contribution in [0.2, 0.25) is 0 Å². The van der Waals surface area contributed by atoms with Crippen molar-refractivity contribution in [3.63, 3.8) is 0 Å². The van der Waals surface area contributed by atoms with Gasteiger partial charge in [-0.25, -0.2) is 13.6 Å². The van der Waals surface area contributed by atoms with E-state index in [1.165, 1.54) is 17.4 Å². The zero-order valence-corrected chi connectivity index (χ0v) is 31.9. The summed E-state index contributed by atoms with van der Waals surface area (Å²) in [5.41, 5.74) is 0.890. The molecule has 1 aliphatic carbocycles. The van der Waals surface area contributed by atoms with Gasteiger partial charge in [0.2, 0.25) is 5.43 Å². The van der Waals surface area contributed by atoms with E-state index in [-0.39, 0.29) is 63.2 Å². The van der Waals surface area contributed by atoms with Crippen LogP contribution in [-0.4, -0.2) is 36.0 Å². The fourth-order valence-electron chi connectivity index (χ4n) is 7.13. The topological polar surface area (TPSA) is 120 Å². The molecular formula is C44H34F2N4O5S2. The van der Waals surface area contributed by atoms with Crippen LogP contribution in [0.1, 0.15) is 42.6 Å². The van der Waals surface area contributed by atoms with Crippen LogP contribution in [0, 0.1) is 11.6 Å². The van der Waals surface area contributed by atoms with Gasteiger partial charge in [-0.1, -0.05) is 42.5 Å². The molecule has 2 N–H and O–H groups in total. The molecule has 286 valence electrons. The molecule has 0 amide bonds. The second-order valence-corrected chi connectivity index (χ2v) is 15.6. The Bertz CT molecular complexity index is 2690. The molecule has 0 bridgehead atoms. The van der Waals surface area contributed by atoms with Crippen molar-refractivity contribution in [2.45, 2.75) is 39.3 Å². The fraction of sp³-hybridized carbons (Fsp3) is 0.136. The van der Waals surface area contributed by atoms with Crippen molar-refractivity contribution in [1.29, 1.82) is 0 Å². The molecule has 8 rings (SSSR count). The van der Waals surface area contributed by atoms with Crippen LogP contribution in [0.5, 0.6) is 5.75 Å². The normalized spacial score (nSPS) is 11.6. The van der Waals surface area contributed by atoms with Gasteiger partial charge in [0, 0.05) is 77.9 Å². The van der Waals surface area contributed by atoms with Gasteiger partial charge in [-0.15, -0.1) is 22.7 Å². The molecule has 6 aromatic rings. The van der Waals surface area contributed by atoms with Crippen LogP contribution in [0.3, 0.4) is 0 Å². The average molecular weight is 801 g/mol. The lowest BCUT2D eigenvalue weighted by atomic mass is 9.88. The molecule has 0 spiro atoms. The zero-order valence-electron chi connectivity index (χ0n) is 30.3. The SMILES string of the molecule is O=C(O)c1ccccc1-c1c2cc(F)c(=O)c(CN(Cc3ccccn3)Cc3cccs3)c-2oc2c(CN(Cc3ccccn3)Cc3cccs3)c(O)c(F)cc12. The first kappa shape index (κ1) is 37.8. The summed E-state index contributed by atoms with van der Waals surface area (Å²) in [7, 11) is 0. The maximum absolute atomic E-state index is 16.1. The Kier molecular flexibility index (Phi) is 11.0. The van der Waals surface area contributed by atoms with E-state index in [2.05, 4.69) is 9.97 Å². The minimum atomic E-state index is -1.26. The van der Waals surface area contributed by atoms with Gasteiger partial charge in [0.15, 0.2) is 17.4 Å². The predicted molar refractivity (Wildman–Crippen MR) is 216 cm³/mol. The number of fused-ring (bicyclic) bond motifs is 2. The molecule has 0 saturated heterocycles. The lowest BCUT2D eigenvalue weighted by molar-refractivity contribution is 0.0697. The summed E-state index contributed by atoms with van der Waals surface area (Å²) in [4.78, 5) is 41.6. The highest BCUT2D eigenvalue weighted by atomic mass is 32.1. The molecule has 0 fully saturated rings. The Balaban J connectivity index is 1.37. The van der Waals surface area contributed by atoms with E-state index >= 15 is 8.78 Å². The number of carboxylic acid groups (broad SMARTS) is 1. The highest BCUT2D eigenvalue weighted by molar-refractivity contribution is 7.10. The van der Waals surface area contributed by atoms with Gasteiger partial charge in [0.05, 0.1) is 28.1 Å². The monoisotopic (exact) mass is 800 g/mol. The van der Waals surface area contributed by atoms with Gasteiger partial charge in [-0.2, -0.15) is 0 Å². The number of thiophene rings is 2. The minimum Gasteiger partial charge on any atom is -0.504 e. The summed E-state index contributed by atoms with van der Waals surface area (Å²) in [5.74, 6) is -3.99. The van der Waals surface area contributed by atoms with E-state index in [1.54, 1.807) is 48.0 Å². The molecule has 1 aliphatic heterocycles. The highest BCUT2D eigenvalue weighted by Crippen LogP contribution is 2.46. The van der Waals surface area contributed by atoms with Crippen molar-refractivity contribution >= 4 is 39.6 Å². The first-order chi connectivity index (χ1) is 27.7. The molecule has 0 atom stereocenters. The van der Waals surface area contributed by atoms with Crippen molar-refractivity contribution in [1.82, 2.24) is 19.8 Å². The number of carbonyl (C=O) groups is 1. The Morgan fingerprint density at radius 2 is 1.28 bits per heavy atom. The predicted octanol–water partition coefficient (Wildman–Crippen LogP) is 9.56. The Hall–Kier alpha value is -6.12. The largest absolute Gasteiger partial charge is 0.504 e. The molecule has 13 heteroatoms. The van der Waals surface area contributed by atoms with Gasteiger partial charge >= 0.3 is 5.97 Å². The van der Waals surface area contributed by atoms with Crippen molar-refractivity contribution in [2.75, 3.05) is 0 Å². The van der Waals surface area contributed by atoms with Crippen molar-refractivity contribution in [2.24, 2.45) is 0 Å². The zero-order chi connectivity index (χ0) is 39.5. The maximum atomic E-state index is 16.1. The van der Waals surface area contributed by atoms with Gasteiger partial charge in [-0.3, -0.25) is 24.6 Å². The highest BCUT2D eigenvalue weighted by Gasteiger charge is 2.31. The van der Waals surface area contributed by atoms with E-state index in [0.717, 1.165) is 33.3 Å². The molecule has 5 heterocycles. The molecule has 57 heavy (non-hydrogen) atoms. The van der Waals surface area contributed by atoms with Crippen molar-refractivity contribution in [3.05, 3.63) is 180 Å². The number of hydrogen-bond acceptors (Lipinski definition) is 10. The molecule has 0 radical (unpaired) electrons. The van der Waals surface area contributed by atoms with Gasteiger partial charge < -0.3 is 14.6 Å². The number of aromatic hydroxyl groups is 1. The van der Waals surface area contributed by atoms with Crippen molar-refractivity contribution < 1.29 is 28.2 Å². The molecule has 2 aliphatic rings. The van der Waals surface area contributed by atoms with Crippen LogP contribution in [0.15, 0.2) is 129 Å². The first-order valence-electron chi connectivity index (χ1n) is 18.0. The van der Waals surface area contributed by atoms with E-state index in [9.17, 15) is 19.8 Å². The Morgan fingerprint density at radius 1 is 0.684 bits per heavy atom. The summed E-state index contributed by atoms with van der Waals surface area (Å²) >= 11 is 3.08. The van der Waals surface area contributed by atoms with Crippen LogP contribution in [-0.2, 0) is 39.3 Å². The standard InChI is InChI=1S/C44H34F2N4O5S2/c45-37-19-33-39(31-13-1-2-14-32(31)44(53)54)34-20-38(46)41(52)36(26-50(24-30-12-8-18-57-30)22-28-10-4-6-16-48-28)43(34)55-42(33)35(40(37)51)25-49(23-29-11-7-17-56-29)21-27-9-3-5-15-47-27/h1-20,51H,21-26H2,(H,53,54). The Labute approximate surface area is 333 Å². The van der Waals surface area contributed by atoms with Gasteiger partial charge in [0.25, 0.3) is 0 Å². The summed E-state index contributed by atoms with van der Waals surface area (Å²) in [6.07, 6.45) is 3.35. The molecule has 9 nitrogen and oxygen atoms in total. The third-order valence-electron chi connectivity index (χ3n) is 9.66. The summed E-state index contributed by atoms with van der Waals surface area (Å²) < 4.78 is 38.9. The lowest BCUT2D eigenvalue weighted by Crippen LogP contribution is -2.28. The van der Waals surface area contributed by atoms with Crippen molar-refractivity contribution in [3.8, 4) is 28.2 Å². The fourth-order valence-corrected chi connectivity index (χ4v) is 8.62. The minimum absolute atomic E-state index is 0.0110. The number of phenolic OH excluding ortho intramolecular Hbond substituents is 1. The number of phenols is 1. The maximum Gasteiger partial charge on any atom is 0.336 e. The number of pyridine rings is 2. The van der Waals surface area contributed by atoms with E-state index in [1.807, 2.05) is 75.2 Å². The third-order valence-corrected chi connectivity index (χ3v) is 11.4. The second kappa shape index (κ2) is 16.5. The smallest absolute Gasteiger partial charge is 0.336 e. The number of halogens is 2. The van der Waals surface area contributed by atoms with E-state index in [0.29, 0.717) is 26.2 Å². The molecule has 2 aromatic carbocycles. The number of benzene rings is 3. The summed E-state index contributed by atoms with van der Waals surface area (Å²) in [6.45, 7) is 1.33. The second-order valence-electron chi connectivity index (χ2n) is 13.5. The number of aromatic nitrogens is 2. The average Bonchev–Trinajstić information content (AvgIpc) is 3.94. The number of aromatic carboxylic acids is 1. The molecular weight excluding hydrogens is 767 g/mol. The number of nitrogens with zero attached hydrogens (tertiary/aromatic N) is 4. The van der Waals surface area contributed by atoms with Gasteiger partial charge in [-0.05, 0) is 70.9 Å². The van der Waals surface area contributed by atoms with E-state index < -0.39 is 28.8 Å². The summed E-state index contributed by atoms with van der Waals surface area (Å²) in [5, 5.41) is 25.9. The Morgan fingerprint density at radius 3 is 1.84 bits per heavy atom. The molecule has 4 aromatic heterocycles.